The molecule has 0 aromatic carbocycles. The van der Waals surface area contributed by atoms with E-state index < -0.39 is 12.1 Å². The molecular formula is C13H24O5. The van der Waals surface area contributed by atoms with Crippen LogP contribution in [-0.2, 0) is 9.53 Å². The van der Waals surface area contributed by atoms with Crippen LogP contribution >= 0.6 is 0 Å². The fourth-order valence-electron chi connectivity index (χ4n) is 1.48. The summed E-state index contributed by atoms with van der Waals surface area (Å²) >= 11 is 0. The highest BCUT2D eigenvalue weighted by molar-refractivity contribution is 5.73. The third kappa shape index (κ3) is 6.49. The summed E-state index contributed by atoms with van der Waals surface area (Å²) in [5, 5.41) is 26.4. The molecule has 5 heteroatoms. The molecule has 3 N–H and O–H groups in total. The van der Waals surface area contributed by atoms with Crippen molar-refractivity contribution in [1.82, 2.24) is 0 Å². The minimum Gasteiger partial charge on any atom is -0.508 e. The normalized spacial score (nSPS) is 19.1. The zero-order chi connectivity index (χ0) is 14.0. The average Bonchev–Trinajstić information content (AvgIpc) is 2.35. The molecule has 0 saturated heterocycles. The summed E-state index contributed by atoms with van der Waals surface area (Å²) in [6.45, 7) is 4.28. The lowest BCUT2D eigenvalue weighted by molar-refractivity contribution is -0.151. The Morgan fingerprint density at radius 3 is 2.39 bits per heavy atom. The van der Waals surface area contributed by atoms with Crippen molar-refractivity contribution in [2.24, 2.45) is 0 Å². The number of aliphatic hydroxyl groups is 3. The van der Waals surface area contributed by atoms with Gasteiger partial charge < -0.3 is 20.1 Å². The molecule has 106 valence electrons. The number of ether oxygens (including phenoxy) is 1. The van der Waals surface area contributed by atoms with E-state index in [1.54, 1.807) is 6.92 Å². The number of carbonyl (C=O) groups is 1. The first-order chi connectivity index (χ1) is 8.56. The lowest BCUT2D eigenvalue weighted by atomic mass is 10.1. The zero-order valence-electron chi connectivity index (χ0n) is 11.2. The van der Waals surface area contributed by atoms with E-state index >= 15 is 0 Å². The van der Waals surface area contributed by atoms with Gasteiger partial charge in [0, 0.05) is 6.61 Å². The van der Waals surface area contributed by atoms with Gasteiger partial charge in [-0.25, -0.2) is 0 Å². The molecule has 1 aliphatic rings. The fraction of sp³-hybridized carbons (Fsp3) is 0.769. The smallest absolute Gasteiger partial charge is 0.314 e. The van der Waals surface area contributed by atoms with Crippen LogP contribution in [0.25, 0.3) is 0 Å². The minimum absolute atomic E-state index is 0.216. The van der Waals surface area contributed by atoms with Gasteiger partial charge in [-0.05, 0) is 12.8 Å². The van der Waals surface area contributed by atoms with Crippen molar-refractivity contribution in [2.75, 3.05) is 6.61 Å². The molecule has 0 radical (unpaired) electrons. The molecule has 0 aromatic heterocycles. The Kier molecular flexibility index (Phi) is 9.10. The predicted molar refractivity (Wildman–Crippen MR) is 68.3 cm³/mol. The van der Waals surface area contributed by atoms with Gasteiger partial charge in [-0.3, -0.25) is 4.79 Å². The van der Waals surface area contributed by atoms with Crippen molar-refractivity contribution in [3.8, 4) is 0 Å². The van der Waals surface area contributed by atoms with E-state index in [0.717, 1.165) is 6.42 Å². The Hall–Kier alpha value is -1.23. The van der Waals surface area contributed by atoms with E-state index in [-0.39, 0.29) is 17.9 Å². The molecule has 1 aliphatic heterocycles. The van der Waals surface area contributed by atoms with Crippen molar-refractivity contribution in [3.05, 3.63) is 11.5 Å². The van der Waals surface area contributed by atoms with E-state index in [1.165, 1.54) is 19.3 Å². The Balaban J connectivity index is 0.000000360. The molecule has 0 aromatic rings. The molecule has 0 spiro atoms. The van der Waals surface area contributed by atoms with Crippen LogP contribution in [0.4, 0.5) is 0 Å². The first-order valence-electron chi connectivity index (χ1n) is 6.48. The maximum absolute atomic E-state index is 10.7. The second-order valence-electron chi connectivity index (χ2n) is 4.18. The molecule has 1 heterocycles. The molecule has 0 amide bonds. The van der Waals surface area contributed by atoms with Crippen LogP contribution in [0.15, 0.2) is 11.5 Å². The highest BCUT2D eigenvalue weighted by Crippen LogP contribution is 2.20. The van der Waals surface area contributed by atoms with Gasteiger partial charge in [-0.1, -0.05) is 33.1 Å². The van der Waals surface area contributed by atoms with Crippen LogP contribution in [0.5, 0.6) is 0 Å². The summed E-state index contributed by atoms with van der Waals surface area (Å²) < 4.78 is 4.71. The number of aliphatic hydroxyl groups excluding tert-OH is 3. The third-order valence-corrected chi connectivity index (χ3v) is 2.57. The number of rotatable bonds is 5. The second kappa shape index (κ2) is 9.76. The molecule has 1 unspecified atom stereocenters. The first-order valence-corrected chi connectivity index (χ1v) is 6.48. The van der Waals surface area contributed by atoms with Gasteiger partial charge in [-0.2, -0.15) is 0 Å². The third-order valence-electron chi connectivity index (χ3n) is 2.57. The summed E-state index contributed by atoms with van der Waals surface area (Å²) in [4.78, 5) is 10.7. The molecule has 1 rings (SSSR count). The summed E-state index contributed by atoms with van der Waals surface area (Å²) in [6, 6.07) is 0. The SMILES string of the molecule is CCC1OC(=O)CC(O)=C1O.CCCCCCO. The van der Waals surface area contributed by atoms with Crippen LogP contribution in [0.3, 0.4) is 0 Å². The van der Waals surface area contributed by atoms with Gasteiger partial charge in [0.1, 0.15) is 12.2 Å². The summed E-state index contributed by atoms with van der Waals surface area (Å²) in [5.41, 5.74) is 0. The quantitative estimate of drug-likeness (QED) is 0.522. The van der Waals surface area contributed by atoms with E-state index in [1.807, 2.05) is 0 Å². The number of hydrogen-bond acceptors (Lipinski definition) is 5. The van der Waals surface area contributed by atoms with Crippen LogP contribution in [-0.4, -0.2) is 34.0 Å². The predicted octanol–water partition coefficient (Wildman–Crippen LogP) is 2.60. The topological polar surface area (TPSA) is 87.0 Å². The molecule has 0 saturated carbocycles. The number of hydrogen-bond donors (Lipinski definition) is 3. The fourth-order valence-corrected chi connectivity index (χ4v) is 1.48. The highest BCUT2D eigenvalue weighted by atomic mass is 16.6. The van der Waals surface area contributed by atoms with Crippen molar-refractivity contribution in [2.45, 2.75) is 58.5 Å². The van der Waals surface area contributed by atoms with Crippen LogP contribution in [0, 0.1) is 0 Å². The van der Waals surface area contributed by atoms with Crippen LogP contribution in [0.2, 0.25) is 0 Å². The first kappa shape index (κ1) is 16.8. The molecule has 18 heavy (non-hydrogen) atoms. The maximum Gasteiger partial charge on any atom is 0.314 e. The lowest BCUT2D eigenvalue weighted by Crippen LogP contribution is -2.26. The summed E-state index contributed by atoms with van der Waals surface area (Å²) in [5.74, 6) is -0.979. The van der Waals surface area contributed by atoms with E-state index in [2.05, 4.69) is 6.92 Å². The maximum atomic E-state index is 10.7. The zero-order valence-corrected chi connectivity index (χ0v) is 11.2. The van der Waals surface area contributed by atoms with E-state index in [4.69, 9.17) is 20.1 Å². The van der Waals surface area contributed by atoms with Crippen molar-refractivity contribution < 1.29 is 24.9 Å². The van der Waals surface area contributed by atoms with Crippen molar-refractivity contribution in [1.29, 1.82) is 0 Å². The Labute approximate surface area is 108 Å². The van der Waals surface area contributed by atoms with Gasteiger partial charge in [-0.15, -0.1) is 0 Å². The molecule has 0 fully saturated rings. The number of esters is 1. The van der Waals surface area contributed by atoms with Gasteiger partial charge in [0.05, 0.1) is 0 Å². The van der Waals surface area contributed by atoms with Crippen molar-refractivity contribution >= 4 is 5.97 Å². The number of unbranched alkanes of at least 4 members (excludes halogenated alkanes) is 3. The van der Waals surface area contributed by atoms with Gasteiger partial charge in [0.2, 0.25) is 0 Å². The van der Waals surface area contributed by atoms with Gasteiger partial charge in [0.25, 0.3) is 0 Å². The largest absolute Gasteiger partial charge is 0.508 e. The van der Waals surface area contributed by atoms with Crippen LogP contribution in [0.1, 0.15) is 52.4 Å². The lowest BCUT2D eigenvalue weighted by Gasteiger charge is -2.20. The Morgan fingerprint density at radius 2 is 1.89 bits per heavy atom. The van der Waals surface area contributed by atoms with Gasteiger partial charge in [0.15, 0.2) is 11.9 Å². The number of carbonyl (C=O) groups excluding carboxylic acids is 1. The average molecular weight is 260 g/mol. The molecule has 0 bridgehead atoms. The highest BCUT2D eigenvalue weighted by Gasteiger charge is 2.27. The molecule has 5 nitrogen and oxygen atoms in total. The molecule has 1 atom stereocenters. The second-order valence-corrected chi connectivity index (χ2v) is 4.18. The molecular weight excluding hydrogens is 236 g/mol. The summed E-state index contributed by atoms with van der Waals surface area (Å²) in [7, 11) is 0. The van der Waals surface area contributed by atoms with Crippen molar-refractivity contribution in [3.63, 3.8) is 0 Å². The standard InChI is InChI=1S/C7H10O4.C6H14O/c1-2-5-7(10)4(8)3-6(9)11-5;1-2-3-4-5-6-7/h5,8,10H,2-3H2,1H3;7H,2-6H2,1H3. The monoisotopic (exact) mass is 260 g/mol. The van der Waals surface area contributed by atoms with E-state index in [0.29, 0.717) is 13.0 Å². The van der Waals surface area contributed by atoms with Crippen LogP contribution < -0.4 is 0 Å². The molecule has 0 aliphatic carbocycles. The minimum atomic E-state index is -0.656. The summed E-state index contributed by atoms with van der Waals surface area (Å²) in [6.07, 6.45) is 4.28. The Morgan fingerprint density at radius 1 is 1.22 bits per heavy atom. The van der Waals surface area contributed by atoms with Gasteiger partial charge >= 0.3 is 5.97 Å². The number of cyclic esters (lactones) is 1. The Bertz CT molecular complexity index is 269. The van der Waals surface area contributed by atoms with E-state index in [9.17, 15) is 4.79 Å².